The summed E-state index contributed by atoms with van der Waals surface area (Å²) < 4.78 is 0. The summed E-state index contributed by atoms with van der Waals surface area (Å²) in [5.74, 6) is 1.49. The largest absolute Gasteiger partial charge is 0.357 e. The van der Waals surface area contributed by atoms with Crippen molar-refractivity contribution in [2.75, 3.05) is 31.1 Å². The molecule has 1 N–H and O–H groups in total. The predicted molar refractivity (Wildman–Crippen MR) is 99.9 cm³/mol. The molecule has 1 aliphatic carbocycles. The van der Waals surface area contributed by atoms with E-state index in [9.17, 15) is 4.79 Å². The van der Waals surface area contributed by atoms with Gasteiger partial charge in [-0.25, -0.2) is 4.98 Å². The molecule has 6 heteroatoms. The van der Waals surface area contributed by atoms with Crippen molar-refractivity contribution >= 4 is 23.3 Å². The van der Waals surface area contributed by atoms with Crippen LogP contribution in [0, 0.1) is 5.92 Å². The standard InChI is InChI=1S/C19H27ClN4O/c20-15-3-6-18(21-12-15)23-10-7-17(8-11-23)24-9-1-2-14(13-24)19(25)22-16-4-5-16/h3,6,12,14,16-17H,1-2,4-5,7-11,13H2,(H,22,25). The second-order valence-electron chi connectivity index (χ2n) is 7.67. The number of anilines is 1. The fourth-order valence-corrected chi connectivity index (χ4v) is 4.23. The number of aromatic nitrogens is 1. The highest BCUT2D eigenvalue weighted by atomic mass is 35.5. The first-order chi connectivity index (χ1) is 12.2. The number of carbonyl (C=O) groups is 1. The second kappa shape index (κ2) is 7.50. The molecule has 2 saturated heterocycles. The maximum Gasteiger partial charge on any atom is 0.224 e. The van der Waals surface area contributed by atoms with Crippen LogP contribution in [-0.2, 0) is 4.79 Å². The fraction of sp³-hybridized carbons (Fsp3) is 0.684. The minimum Gasteiger partial charge on any atom is -0.357 e. The Morgan fingerprint density at radius 2 is 1.92 bits per heavy atom. The number of amides is 1. The summed E-state index contributed by atoms with van der Waals surface area (Å²) in [4.78, 5) is 21.7. The summed E-state index contributed by atoms with van der Waals surface area (Å²) in [6, 6.07) is 4.98. The van der Waals surface area contributed by atoms with E-state index >= 15 is 0 Å². The SMILES string of the molecule is O=C(NC1CC1)C1CCCN(C2CCN(c3ccc(Cl)cn3)CC2)C1. The van der Waals surface area contributed by atoms with Crippen LogP contribution < -0.4 is 10.2 Å². The Morgan fingerprint density at radius 3 is 2.60 bits per heavy atom. The minimum absolute atomic E-state index is 0.185. The maximum absolute atomic E-state index is 12.4. The molecule has 1 aromatic rings. The normalized spacial score (nSPS) is 25.8. The summed E-state index contributed by atoms with van der Waals surface area (Å²) in [5, 5.41) is 3.87. The highest BCUT2D eigenvalue weighted by Gasteiger charge is 2.33. The molecule has 3 aliphatic rings. The number of nitrogens with one attached hydrogen (secondary N) is 1. The first kappa shape index (κ1) is 17.1. The van der Waals surface area contributed by atoms with Crippen LogP contribution in [0.3, 0.4) is 0 Å². The molecule has 1 amide bonds. The zero-order valence-electron chi connectivity index (χ0n) is 14.7. The average molecular weight is 363 g/mol. The van der Waals surface area contributed by atoms with Crippen LogP contribution in [0.25, 0.3) is 0 Å². The fourth-order valence-electron chi connectivity index (χ4n) is 4.11. The van der Waals surface area contributed by atoms with Gasteiger partial charge in [0.25, 0.3) is 0 Å². The van der Waals surface area contributed by atoms with Gasteiger partial charge < -0.3 is 10.2 Å². The molecule has 1 atom stereocenters. The van der Waals surface area contributed by atoms with Crippen molar-refractivity contribution in [3.05, 3.63) is 23.4 Å². The third kappa shape index (κ3) is 4.26. The van der Waals surface area contributed by atoms with E-state index in [2.05, 4.69) is 20.1 Å². The van der Waals surface area contributed by atoms with Gasteiger partial charge in [-0.05, 0) is 57.2 Å². The van der Waals surface area contributed by atoms with Crippen molar-refractivity contribution in [3.8, 4) is 0 Å². The van der Waals surface area contributed by atoms with Crippen LogP contribution in [0.4, 0.5) is 5.82 Å². The molecule has 4 rings (SSSR count). The lowest BCUT2D eigenvalue weighted by Gasteiger charge is -2.42. The van der Waals surface area contributed by atoms with Crippen molar-refractivity contribution < 1.29 is 4.79 Å². The van der Waals surface area contributed by atoms with Gasteiger partial charge in [-0.15, -0.1) is 0 Å². The summed E-state index contributed by atoms with van der Waals surface area (Å²) in [7, 11) is 0. The molecule has 1 unspecified atom stereocenters. The van der Waals surface area contributed by atoms with Gasteiger partial charge in [0.2, 0.25) is 5.91 Å². The van der Waals surface area contributed by atoms with Crippen LogP contribution in [0.1, 0.15) is 38.5 Å². The van der Waals surface area contributed by atoms with E-state index in [0.29, 0.717) is 17.1 Å². The third-order valence-electron chi connectivity index (χ3n) is 5.76. The number of carbonyl (C=O) groups excluding carboxylic acids is 1. The number of piperidine rings is 2. The van der Waals surface area contributed by atoms with Gasteiger partial charge in [0, 0.05) is 37.9 Å². The lowest BCUT2D eigenvalue weighted by molar-refractivity contribution is -0.127. The quantitative estimate of drug-likeness (QED) is 0.894. The van der Waals surface area contributed by atoms with E-state index < -0.39 is 0 Å². The number of pyridine rings is 1. The summed E-state index contributed by atoms with van der Waals surface area (Å²) in [6.07, 6.45) is 8.52. The lowest BCUT2D eigenvalue weighted by Crippen LogP contribution is -2.51. The molecule has 3 heterocycles. The van der Waals surface area contributed by atoms with Crippen LogP contribution in [-0.4, -0.2) is 54.1 Å². The van der Waals surface area contributed by atoms with Gasteiger partial charge in [-0.3, -0.25) is 9.69 Å². The van der Waals surface area contributed by atoms with Gasteiger partial charge in [0.1, 0.15) is 5.82 Å². The van der Waals surface area contributed by atoms with Crippen molar-refractivity contribution in [2.45, 2.75) is 50.6 Å². The molecule has 0 aromatic carbocycles. The van der Waals surface area contributed by atoms with Crippen molar-refractivity contribution in [1.29, 1.82) is 0 Å². The Labute approximate surface area is 154 Å². The van der Waals surface area contributed by atoms with Crippen molar-refractivity contribution in [2.24, 2.45) is 5.92 Å². The summed E-state index contributed by atoms with van der Waals surface area (Å²) >= 11 is 5.93. The molecule has 1 aromatic heterocycles. The van der Waals surface area contributed by atoms with E-state index in [4.69, 9.17) is 11.6 Å². The molecule has 3 fully saturated rings. The number of hydrogen-bond acceptors (Lipinski definition) is 4. The van der Waals surface area contributed by atoms with Gasteiger partial charge in [-0.2, -0.15) is 0 Å². The minimum atomic E-state index is 0.185. The number of likely N-dealkylation sites (tertiary alicyclic amines) is 1. The molecule has 0 bridgehead atoms. The van der Waals surface area contributed by atoms with E-state index in [0.717, 1.165) is 57.7 Å². The molecule has 2 aliphatic heterocycles. The van der Waals surface area contributed by atoms with Gasteiger partial charge in [0.15, 0.2) is 0 Å². The lowest BCUT2D eigenvalue weighted by atomic mass is 9.93. The Morgan fingerprint density at radius 1 is 1.12 bits per heavy atom. The molecule has 25 heavy (non-hydrogen) atoms. The van der Waals surface area contributed by atoms with Crippen molar-refractivity contribution in [1.82, 2.24) is 15.2 Å². The Bertz CT molecular complexity index is 596. The van der Waals surface area contributed by atoms with Gasteiger partial charge in [0.05, 0.1) is 10.9 Å². The van der Waals surface area contributed by atoms with Gasteiger partial charge in [-0.1, -0.05) is 11.6 Å². The summed E-state index contributed by atoms with van der Waals surface area (Å²) in [6.45, 7) is 4.11. The molecular formula is C19H27ClN4O. The monoisotopic (exact) mass is 362 g/mol. The molecule has 0 radical (unpaired) electrons. The molecule has 136 valence electrons. The highest BCUT2D eigenvalue weighted by molar-refractivity contribution is 6.30. The number of nitrogens with zero attached hydrogens (tertiary/aromatic N) is 3. The topological polar surface area (TPSA) is 48.5 Å². The van der Waals surface area contributed by atoms with E-state index in [-0.39, 0.29) is 11.8 Å². The zero-order chi connectivity index (χ0) is 17.2. The number of hydrogen-bond donors (Lipinski definition) is 1. The molecular weight excluding hydrogens is 336 g/mol. The zero-order valence-corrected chi connectivity index (χ0v) is 15.4. The first-order valence-electron chi connectivity index (χ1n) is 9.60. The molecule has 0 spiro atoms. The first-order valence-corrected chi connectivity index (χ1v) is 9.98. The van der Waals surface area contributed by atoms with E-state index in [1.807, 2.05) is 12.1 Å². The summed E-state index contributed by atoms with van der Waals surface area (Å²) in [5.41, 5.74) is 0. The average Bonchev–Trinajstić information content (AvgIpc) is 3.47. The Kier molecular flexibility index (Phi) is 5.13. The second-order valence-corrected chi connectivity index (χ2v) is 8.11. The van der Waals surface area contributed by atoms with Crippen LogP contribution in [0.2, 0.25) is 5.02 Å². The van der Waals surface area contributed by atoms with Crippen molar-refractivity contribution in [3.63, 3.8) is 0 Å². The smallest absolute Gasteiger partial charge is 0.224 e. The van der Waals surface area contributed by atoms with Gasteiger partial charge >= 0.3 is 0 Å². The van der Waals surface area contributed by atoms with Crippen LogP contribution in [0.15, 0.2) is 18.3 Å². The van der Waals surface area contributed by atoms with E-state index in [1.165, 1.54) is 12.8 Å². The van der Waals surface area contributed by atoms with Crippen LogP contribution in [0.5, 0.6) is 0 Å². The molecule has 1 saturated carbocycles. The van der Waals surface area contributed by atoms with E-state index in [1.54, 1.807) is 6.20 Å². The highest BCUT2D eigenvalue weighted by Crippen LogP contribution is 2.27. The number of rotatable bonds is 4. The Hall–Kier alpha value is -1.33. The maximum atomic E-state index is 12.4. The predicted octanol–water partition coefficient (Wildman–Crippen LogP) is 2.69. The number of halogens is 1. The third-order valence-corrected chi connectivity index (χ3v) is 5.99. The molecule has 5 nitrogen and oxygen atoms in total. The van der Waals surface area contributed by atoms with Crippen LogP contribution >= 0.6 is 11.6 Å². The Balaban J connectivity index is 1.29.